The van der Waals surface area contributed by atoms with Gasteiger partial charge in [-0.1, -0.05) is 24.0 Å². The summed E-state index contributed by atoms with van der Waals surface area (Å²) in [7, 11) is 1.63. The molecule has 1 aromatic heterocycles. The smallest absolute Gasteiger partial charge is 0.267 e. The molecule has 7 heteroatoms. The maximum Gasteiger partial charge on any atom is 0.267 e. The third kappa shape index (κ3) is 3.20. The number of carbonyl (C=O) groups excluding carboxylic acids is 2. The summed E-state index contributed by atoms with van der Waals surface area (Å²) in [4.78, 5) is 32.6. The van der Waals surface area contributed by atoms with E-state index in [0.717, 1.165) is 0 Å². The Bertz CT molecular complexity index is 916. The van der Waals surface area contributed by atoms with Crippen molar-refractivity contribution in [3.05, 3.63) is 41.7 Å². The van der Waals surface area contributed by atoms with Gasteiger partial charge in [-0.15, -0.1) is 0 Å². The van der Waals surface area contributed by atoms with Crippen molar-refractivity contribution >= 4 is 17.9 Å². The Morgan fingerprint density at radius 2 is 2.24 bits per heavy atom. The molecule has 7 nitrogen and oxygen atoms in total. The first-order chi connectivity index (χ1) is 11.9. The van der Waals surface area contributed by atoms with E-state index in [2.05, 4.69) is 21.8 Å². The monoisotopic (exact) mass is 336 g/mol. The van der Waals surface area contributed by atoms with E-state index in [1.165, 1.54) is 11.1 Å². The highest BCUT2D eigenvalue weighted by atomic mass is 16.3. The van der Waals surface area contributed by atoms with Crippen molar-refractivity contribution in [2.45, 2.75) is 12.0 Å². The van der Waals surface area contributed by atoms with E-state index in [-0.39, 0.29) is 17.8 Å². The Balaban J connectivity index is 1.92. The second-order valence-electron chi connectivity index (χ2n) is 5.82. The van der Waals surface area contributed by atoms with Crippen molar-refractivity contribution in [3.8, 4) is 23.2 Å². The van der Waals surface area contributed by atoms with Crippen LogP contribution in [0.2, 0.25) is 0 Å². The molecule has 1 aliphatic heterocycles. The molecular weight excluding hydrogens is 320 g/mol. The van der Waals surface area contributed by atoms with Crippen LogP contribution in [0.15, 0.2) is 30.5 Å². The van der Waals surface area contributed by atoms with Crippen molar-refractivity contribution in [1.82, 2.24) is 14.9 Å². The Morgan fingerprint density at radius 3 is 2.92 bits per heavy atom. The molecule has 0 saturated carbocycles. The third-order valence-corrected chi connectivity index (χ3v) is 4.00. The molecule has 2 heterocycles. The molecular formula is C18H16N4O3. The lowest BCUT2D eigenvalue weighted by molar-refractivity contribution is -0.137. The number of aldehydes is 1. The summed E-state index contributed by atoms with van der Waals surface area (Å²) in [6.45, 7) is 0.470. The molecule has 126 valence electrons. The van der Waals surface area contributed by atoms with E-state index in [4.69, 9.17) is 5.73 Å². The fourth-order valence-electron chi connectivity index (χ4n) is 2.52. The Labute approximate surface area is 144 Å². The van der Waals surface area contributed by atoms with Gasteiger partial charge in [0.05, 0.1) is 11.9 Å². The van der Waals surface area contributed by atoms with Crippen LogP contribution in [0.4, 0.5) is 5.69 Å². The first-order valence-electron chi connectivity index (χ1n) is 7.62. The number of nitrogen functional groups attached to an aromatic ring is 1. The third-order valence-electron chi connectivity index (χ3n) is 4.00. The van der Waals surface area contributed by atoms with E-state index in [9.17, 15) is 14.7 Å². The van der Waals surface area contributed by atoms with Crippen LogP contribution in [0.25, 0.3) is 11.4 Å². The Morgan fingerprint density at radius 1 is 1.44 bits per heavy atom. The Hall–Kier alpha value is -3.24. The number of likely N-dealkylation sites (tertiary alicyclic amines) is 1. The van der Waals surface area contributed by atoms with Gasteiger partial charge in [-0.3, -0.25) is 9.59 Å². The number of likely N-dealkylation sites (N-methyl/N-ethyl adjacent to an activating group) is 1. The van der Waals surface area contributed by atoms with Gasteiger partial charge < -0.3 is 15.7 Å². The molecule has 1 aliphatic rings. The minimum atomic E-state index is -1.65. The molecule has 1 atom stereocenters. The summed E-state index contributed by atoms with van der Waals surface area (Å²) in [5, 5.41) is 10.3. The van der Waals surface area contributed by atoms with Gasteiger partial charge in [0.25, 0.3) is 5.91 Å². The van der Waals surface area contributed by atoms with Crippen molar-refractivity contribution in [3.63, 3.8) is 0 Å². The molecule has 0 aliphatic carbocycles. The average Bonchev–Trinajstić information content (AvgIpc) is 2.89. The molecule has 0 spiro atoms. The number of rotatable bonds is 2. The summed E-state index contributed by atoms with van der Waals surface area (Å²) >= 11 is 0. The van der Waals surface area contributed by atoms with E-state index in [0.29, 0.717) is 29.8 Å². The number of carbonyl (C=O) groups is 2. The van der Waals surface area contributed by atoms with Crippen LogP contribution in [0, 0.1) is 11.8 Å². The van der Waals surface area contributed by atoms with Crippen LogP contribution in [-0.2, 0) is 4.79 Å². The first kappa shape index (κ1) is 16.6. The molecule has 0 bridgehead atoms. The van der Waals surface area contributed by atoms with Crippen molar-refractivity contribution in [1.29, 1.82) is 0 Å². The molecule has 25 heavy (non-hydrogen) atoms. The SMILES string of the molecule is CN1CCC(O)(C#Cc2cccc(-c3ncc(N)c(C=O)n3)c2)C1=O. The topological polar surface area (TPSA) is 109 Å². The van der Waals surface area contributed by atoms with E-state index in [1.54, 1.807) is 31.3 Å². The zero-order valence-corrected chi connectivity index (χ0v) is 13.6. The van der Waals surface area contributed by atoms with E-state index < -0.39 is 11.5 Å². The molecule has 1 amide bonds. The maximum atomic E-state index is 11.9. The van der Waals surface area contributed by atoms with Gasteiger partial charge in [-0.25, -0.2) is 9.97 Å². The van der Waals surface area contributed by atoms with Crippen LogP contribution in [0.5, 0.6) is 0 Å². The van der Waals surface area contributed by atoms with Gasteiger partial charge in [-0.05, 0) is 12.1 Å². The summed E-state index contributed by atoms with van der Waals surface area (Å²) in [6.07, 6.45) is 2.22. The van der Waals surface area contributed by atoms with Crippen LogP contribution in [0.3, 0.4) is 0 Å². The number of aliphatic hydroxyl groups is 1. The molecule has 3 rings (SSSR count). The first-order valence-corrected chi connectivity index (χ1v) is 7.62. The fraction of sp³-hybridized carbons (Fsp3) is 0.222. The van der Waals surface area contributed by atoms with Gasteiger partial charge in [0.15, 0.2) is 12.1 Å². The highest BCUT2D eigenvalue weighted by Gasteiger charge is 2.42. The molecule has 1 unspecified atom stereocenters. The largest absolute Gasteiger partial charge is 0.396 e. The lowest BCUT2D eigenvalue weighted by atomic mass is 10.0. The minimum absolute atomic E-state index is 0.121. The standard InChI is InChI=1S/C18H16N4O3/c1-22-8-7-18(25,17(22)24)6-5-12-3-2-4-13(9-12)16-20-10-14(19)15(11-23)21-16/h2-4,9-11,25H,7-8,19H2,1H3. The highest BCUT2D eigenvalue weighted by Crippen LogP contribution is 2.22. The van der Waals surface area contributed by atoms with Gasteiger partial charge in [0, 0.05) is 31.1 Å². The minimum Gasteiger partial charge on any atom is -0.396 e. The average molecular weight is 336 g/mol. The second kappa shape index (κ2) is 6.34. The molecule has 3 N–H and O–H groups in total. The molecule has 0 radical (unpaired) electrons. The normalized spacial score (nSPS) is 19.4. The molecule has 1 fully saturated rings. The van der Waals surface area contributed by atoms with Crippen LogP contribution < -0.4 is 5.73 Å². The molecule has 2 aromatic rings. The van der Waals surface area contributed by atoms with Crippen molar-refractivity contribution < 1.29 is 14.7 Å². The Kier molecular flexibility index (Phi) is 4.21. The summed E-state index contributed by atoms with van der Waals surface area (Å²) < 4.78 is 0. The number of hydrogen-bond acceptors (Lipinski definition) is 6. The van der Waals surface area contributed by atoms with E-state index in [1.807, 2.05) is 0 Å². The predicted octanol–water partition coefficient (Wildman–Crippen LogP) is 0.483. The number of nitrogens with two attached hydrogens (primary N) is 1. The molecule has 1 aromatic carbocycles. The maximum absolute atomic E-state index is 11.9. The number of nitrogens with zero attached hydrogens (tertiary/aromatic N) is 3. The quantitative estimate of drug-likeness (QED) is 0.610. The number of benzene rings is 1. The summed E-state index contributed by atoms with van der Waals surface area (Å²) in [5.41, 5.74) is 5.55. The van der Waals surface area contributed by atoms with Crippen molar-refractivity contribution in [2.24, 2.45) is 0 Å². The van der Waals surface area contributed by atoms with Crippen LogP contribution in [-0.4, -0.2) is 51.4 Å². The lowest BCUT2D eigenvalue weighted by Crippen LogP contribution is -2.37. The van der Waals surface area contributed by atoms with E-state index >= 15 is 0 Å². The van der Waals surface area contributed by atoms with Gasteiger partial charge in [0.2, 0.25) is 5.60 Å². The molecule has 1 saturated heterocycles. The predicted molar refractivity (Wildman–Crippen MR) is 91.3 cm³/mol. The van der Waals surface area contributed by atoms with Gasteiger partial charge in [-0.2, -0.15) is 0 Å². The van der Waals surface area contributed by atoms with Gasteiger partial charge in [0.1, 0.15) is 5.69 Å². The number of hydrogen-bond donors (Lipinski definition) is 2. The highest BCUT2D eigenvalue weighted by molar-refractivity contribution is 5.90. The second-order valence-corrected chi connectivity index (χ2v) is 5.82. The summed E-state index contributed by atoms with van der Waals surface area (Å²) in [6, 6.07) is 7.00. The zero-order valence-electron chi connectivity index (χ0n) is 13.6. The van der Waals surface area contributed by atoms with Crippen LogP contribution in [0.1, 0.15) is 22.5 Å². The fourth-order valence-corrected chi connectivity index (χ4v) is 2.52. The number of amides is 1. The summed E-state index contributed by atoms with van der Waals surface area (Å²) in [5.74, 6) is 5.44. The lowest BCUT2D eigenvalue weighted by Gasteiger charge is -2.13. The number of anilines is 1. The van der Waals surface area contributed by atoms with Gasteiger partial charge >= 0.3 is 0 Å². The van der Waals surface area contributed by atoms with Crippen molar-refractivity contribution in [2.75, 3.05) is 19.3 Å². The number of aromatic nitrogens is 2. The zero-order chi connectivity index (χ0) is 18.0. The van der Waals surface area contributed by atoms with Crippen LogP contribution >= 0.6 is 0 Å².